The minimum absolute atomic E-state index is 0. The van der Waals surface area contributed by atoms with Crippen LogP contribution in [0.5, 0.6) is 0 Å². The first kappa shape index (κ1) is 93.4. The summed E-state index contributed by atoms with van der Waals surface area (Å²) in [5.41, 5.74) is -1.59. The van der Waals surface area contributed by atoms with E-state index in [4.69, 9.17) is 18.9 Å². The Balaban J connectivity index is 0.00000188. The minimum atomic E-state index is -5.01. The van der Waals surface area contributed by atoms with E-state index in [0.29, 0.717) is 25.7 Å². The molecule has 0 heterocycles. The largest absolute Gasteiger partial charge is 2.00 e. The Hall–Kier alpha value is -3.64. The van der Waals surface area contributed by atoms with Gasteiger partial charge in [-0.3, -0.25) is 0 Å². The van der Waals surface area contributed by atoms with Crippen LogP contribution in [0.3, 0.4) is 0 Å². The predicted octanol–water partition coefficient (Wildman–Crippen LogP) is 22.5. The van der Waals surface area contributed by atoms with Crippen molar-refractivity contribution in [2.75, 3.05) is 26.4 Å². The Bertz CT molecular complexity index is 2470. The van der Waals surface area contributed by atoms with E-state index in [9.17, 15) is 45.1 Å². The molecule has 0 aliphatic heterocycles. The molecule has 0 amide bonds. The Morgan fingerprint density at radius 2 is 0.474 bits per heavy atom. The first-order chi connectivity index (χ1) is 46.6. The van der Waals surface area contributed by atoms with Crippen LogP contribution < -0.4 is 0 Å². The second-order valence-electron chi connectivity index (χ2n) is 25.7. The van der Waals surface area contributed by atoms with Crippen LogP contribution in [-0.4, -0.2) is 114 Å². The number of benzene rings is 2. The summed E-state index contributed by atoms with van der Waals surface area (Å²) in [6.07, 6.45) is 72.2. The van der Waals surface area contributed by atoms with Gasteiger partial charge in [-0.1, -0.05) is 268 Å². The number of ether oxygens (including phenoxy) is 4. The SMILES string of the molecule is CCCCCC/C=C/CCCCCCCCOC(=O)c1cccc(S(=O)(=O)[O-])c1C(=O)OCCCCCCCC/C=C/CCCCCC.CCCCCC/C=C/CCCCCCCCOC(=O)c1cccc(S(=O)(=O)[O-])c1C(=O)OCCCCCCCC/C=C/CCCCCC.[Ca+2]. The van der Waals surface area contributed by atoms with Gasteiger partial charge in [0.15, 0.2) is 0 Å². The molecule has 0 aromatic heterocycles. The van der Waals surface area contributed by atoms with Gasteiger partial charge in [0.05, 0.1) is 58.5 Å². The number of carbonyl (C=O) groups excluding carboxylic acids is 4. The van der Waals surface area contributed by atoms with E-state index < -0.39 is 65.0 Å². The summed E-state index contributed by atoms with van der Waals surface area (Å²) in [4.78, 5) is 50.1. The Labute approximate surface area is 620 Å². The van der Waals surface area contributed by atoms with E-state index in [2.05, 4.69) is 76.3 Å². The van der Waals surface area contributed by atoms with Gasteiger partial charge in [0.2, 0.25) is 0 Å². The smallest absolute Gasteiger partial charge is 0.744 e. The van der Waals surface area contributed by atoms with Crippen LogP contribution in [-0.2, 0) is 39.2 Å². The van der Waals surface area contributed by atoms with Crippen molar-refractivity contribution in [2.45, 2.75) is 346 Å². The van der Waals surface area contributed by atoms with Crippen molar-refractivity contribution in [3.63, 3.8) is 0 Å². The van der Waals surface area contributed by atoms with E-state index in [1.807, 2.05) is 0 Å². The molecule has 97 heavy (non-hydrogen) atoms. The first-order valence-electron chi connectivity index (χ1n) is 38.1. The number of unbranched alkanes of at least 4 members (excludes halogenated alkanes) is 40. The maximum absolute atomic E-state index is 12.9. The van der Waals surface area contributed by atoms with E-state index in [1.165, 1.54) is 178 Å². The van der Waals surface area contributed by atoms with Crippen molar-refractivity contribution < 1.29 is 64.1 Å². The van der Waals surface area contributed by atoms with E-state index in [1.54, 1.807) is 0 Å². The van der Waals surface area contributed by atoms with Gasteiger partial charge in [0.1, 0.15) is 20.2 Å². The van der Waals surface area contributed by atoms with Crippen molar-refractivity contribution in [1.29, 1.82) is 0 Å². The van der Waals surface area contributed by atoms with Crippen LogP contribution in [0, 0.1) is 0 Å². The zero-order chi connectivity index (χ0) is 70.3. The first-order valence-corrected chi connectivity index (χ1v) is 40.9. The summed E-state index contributed by atoms with van der Waals surface area (Å²) in [5.74, 6) is -3.66. The number of hydrogen-bond acceptors (Lipinski definition) is 14. The molecule has 2 aromatic rings. The molecule has 2 aromatic carbocycles. The van der Waals surface area contributed by atoms with Crippen molar-refractivity contribution in [1.82, 2.24) is 0 Å². The third-order valence-electron chi connectivity index (χ3n) is 17.0. The van der Waals surface area contributed by atoms with Gasteiger partial charge >= 0.3 is 61.6 Å². The molecule has 0 saturated heterocycles. The van der Waals surface area contributed by atoms with E-state index in [0.717, 1.165) is 141 Å². The average molecular weight is 1420 g/mol. The molecule has 0 atom stereocenters. The van der Waals surface area contributed by atoms with Crippen LogP contribution in [0.2, 0.25) is 0 Å². The van der Waals surface area contributed by atoms with Gasteiger partial charge in [0, 0.05) is 0 Å². The van der Waals surface area contributed by atoms with E-state index in [-0.39, 0.29) is 75.3 Å². The van der Waals surface area contributed by atoms with Crippen molar-refractivity contribution >= 4 is 81.9 Å². The predicted molar refractivity (Wildman–Crippen MR) is 397 cm³/mol. The Kier molecular flexibility index (Phi) is 63.2. The number of hydrogen-bond donors (Lipinski definition) is 0. The fraction of sp³-hybridized carbons (Fsp3) is 0.700. The fourth-order valence-electron chi connectivity index (χ4n) is 11.2. The van der Waals surface area contributed by atoms with Gasteiger partial charge in [0.25, 0.3) is 0 Å². The van der Waals surface area contributed by atoms with Gasteiger partial charge in [-0.2, -0.15) is 0 Å². The third kappa shape index (κ3) is 52.1. The maximum Gasteiger partial charge on any atom is 2.00 e. The van der Waals surface area contributed by atoms with Gasteiger partial charge in [-0.05, 0) is 153 Å². The Morgan fingerprint density at radius 1 is 0.289 bits per heavy atom. The van der Waals surface area contributed by atoms with Gasteiger partial charge < -0.3 is 28.1 Å². The fourth-order valence-corrected chi connectivity index (χ4v) is 12.6. The van der Waals surface area contributed by atoms with Crippen LogP contribution in [0.4, 0.5) is 0 Å². The summed E-state index contributed by atoms with van der Waals surface area (Å²) in [6, 6.07) is 7.19. The van der Waals surface area contributed by atoms with Crippen LogP contribution >= 0.6 is 0 Å². The summed E-state index contributed by atoms with van der Waals surface area (Å²) < 4.78 is 93.0. The summed E-state index contributed by atoms with van der Waals surface area (Å²) in [6.45, 7) is 9.37. The van der Waals surface area contributed by atoms with Crippen LogP contribution in [0.25, 0.3) is 0 Å². The van der Waals surface area contributed by atoms with Crippen molar-refractivity contribution in [3.05, 3.63) is 107 Å². The molecule has 548 valence electrons. The zero-order valence-corrected chi connectivity index (χ0v) is 64.9. The molecule has 14 nitrogen and oxygen atoms in total. The number of allylic oxidation sites excluding steroid dienone is 8. The molecule has 17 heteroatoms. The number of carbonyl (C=O) groups is 4. The molecule has 0 fully saturated rings. The molecule has 2 rings (SSSR count). The molecule has 0 bridgehead atoms. The normalized spacial score (nSPS) is 11.8. The molecule has 0 aliphatic rings. The molecule has 0 aliphatic carbocycles. The summed E-state index contributed by atoms with van der Waals surface area (Å²) in [7, 11) is -10.0. The number of rotatable bonds is 62. The number of esters is 4. The molecular formula is C80H130CaO14S2. The van der Waals surface area contributed by atoms with Crippen molar-refractivity contribution in [3.8, 4) is 0 Å². The molecule has 0 saturated carbocycles. The molecular weight excluding hydrogens is 1290 g/mol. The van der Waals surface area contributed by atoms with E-state index >= 15 is 0 Å². The standard InChI is InChI=1S/2C40H66O7S.Ca/c2*1-3-5-7-9-11-13-15-17-19-21-23-25-27-29-34-46-39(41)36-32-31-33-37(48(43,44)45)38(36)40(42)47-35-30-28-26-24-22-20-18-16-14-12-10-8-6-4-2;/h2*13-16,31-33H,3-12,17-30,34-35H2,1-2H3,(H,43,44,45);/q;;+2/p-2/b2*15-13+,16-14+;. The average Bonchev–Trinajstić information content (AvgIpc) is 0.804. The topological polar surface area (TPSA) is 220 Å². The summed E-state index contributed by atoms with van der Waals surface area (Å²) in [5, 5.41) is 0. The second-order valence-corrected chi connectivity index (χ2v) is 28.4. The Morgan fingerprint density at radius 3 is 0.680 bits per heavy atom. The van der Waals surface area contributed by atoms with Gasteiger partial charge in [-0.15, -0.1) is 0 Å². The quantitative estimate of drug-likeness (QED) is 0.0150. The molecule has 0 spiro atoms. The maximum atomic E-state index is 12.9. The van der Waals surface area contributed by atoms with Crippen molar-refractivity contribution in [2.24, 2.45) is 0 Å². The summed E-state index contributed by atoms with van der Waals surface area (Å²) >= 11 is 0. The van der Waals surface area contributed by atoms with Crippen LogP contribution in [0.15, 0.2) is 94.8 Å². The molecule has 0 N–H and O–H groups in total. The molecule has 0 radical (unpaired) electrons. The van der Waals surface area contributed by atoms with Crippen LogP contribution in [0.1, 0.15) is 377 Å². The monoisotopic (exact) mass is 1420 g/mol. The molecule has 0 unspecified atom stereocenters. The third-order valence-corrected chi connectivity index (χ3v) is 18.8. The zero-order valence-electron chi connectivity index (χ0n) is 61.1. The second kappa shape index (κ2) is 65.7. The minimum Gasteiger partial charge on any atom is -0.744 e. The van der Waals surface area contributed by atoms with Gasteiger partial charge in [-0.25, -0.2) is 36.0 Å².